The Morgan fingerprint density at radius 3 is 2.88 bits per heavy atom. The van der Waals surface area contributed by atoms with Gasteiger partial charge in [-0.2, -0.15) is 5.10 Å². The molecule has 0 fully saturated rings. The summed E-state index contributed by atoms with van der Waals surface area (Å²) >= 11 is 3.38. The van der Waals surface area contributed by atoms with Gasteiger partial charge in [0.25, 0.3) is 0 Å². The highest BCUT2D eigenvalue weighted by molar-refractivity contribution is 9.10. The number of aryl methyl sites for hydroxylation is 1. The third-order valence-electron chi connectivity index (χ3n) is 2.36. The van der Waals surface area contributed by atoms with Crippen LogP contribution in [0.25, 0.3) is 5.82 Å². The SMILES string of the molecule is CCNCc1cc(C)nc(-n2cc(Br)cn2)c1. The van der Waals surface area contributed by atoms with E-state index in [4.69, 9.17) is 0 Å². The maximum Gasteiger partial charge on any atom is 0.153 e. The van der Waals surface area contributed by atoms with Crippen LogP contribution in [0.15, 0.2) is 29.0 Å². The van der Waals surface area contributed by atoms with E-state index in [1.807, 2.05) is 13.1 Å². The molecule has 1 N–H and O–H groups in total. The predicted octanol–water partition coefficient (Wildman–Crippen LogP) is 2.45. The van der Waals surface area contributed by atoms with Gasteiger partial charge in [0.1, 0.15) is 0 Å². The Labute approximate surface area is 109 Å². The van der Waals surface area contributed by atoms with Gasteiger partial charge in [0.05, 0.1) is 10.7 Å². The number of rotatable bonds is 4. The van der Waals surface area contributed by atoms with E-state index in [1.54, 1.807) is 10.9 Å². The molecule has 17 heavy (non-hydrogen) atoms. The van der Waals surface area contributed by atoms with Crippen LogP contribution < -0.4 is 5.32 Å². The standard InChI is InChI=1S/C12H15BrN4/c1-3-14-6-10-4-9(2)16-12(5-10)17-8-11(13)7-15-17/h4-5,7-8,14H,3,6H2,1-2H3. The van der Waals surface area contributed by atoms with E-state index in [0.29, 0.717) is 0 Å². The van der Waals surface area contributed by atoms with Crippen LogP contribution in [-0.2, 0) is 6.54 Å². The van der Waals surface area contributed by atoms with Crippen LogP contribution in [0.1, 0.15) is 18.2 Å². The van der Waals surface area contributed by atoms with Gasteiger partial charge in [-0.25, -0.2) is 9.67 Å². The molecule has 0 bridgehead atoms. The lowest BCUT2D eigenvalue weighted by molar-refractivity contribution is 0.722. The average molecular weight is 295 g/mol. The summed E-state index contributed by atoms with van der Waals surface area (Å²) in [7, 11) is 0. The fraction of sp³-hybridized carbons (Fsp3) is 0.333. The highest BCUT2D eigenvalue weighted by atomic mass is 79.9. The molecule has 0 unspecified atom stereocenters. The molecule has 0 aromatic carbocycles. The first kappa shape index (κ1) is 12.3. The summed E-state index contributed by atoms with van der Waals surface area (Å²) in [4.78, 5) is 4.48. The third-order valence-corrected chi connectivity index (χ3v) is 2.77. The van der Waals surface area contributed by atoms with Gasteiger partial charge < -0.3 is 5.32 Å². The molecule has 4 nitrogen and oxygen atoms in total. The molecule has 0 saturated carbocycles. The second-order valence-electron chi connectivity index (χ2n) is 3.86. The Bertz CT molecular complexity index is 507. The minimum absolute atomic E-state index is 0.851. The van der Waals surface area contributed by atoms with Crippen LogP contribution in [0.5, 0.6) is 0 Å². The summed E-state index contributed by atoms with van der Waals surface area (Å²) in [5, 5.41) is 7.54. The van der Waals surface area contributed by atoms with Gasteiger partial charge in [-0.05, 0) is 47.1 Å². The van der Waals surface area contributed by atoms with Crippen molar-refractivity contribution in [2.75, 3.05) is 6.54 Å². The van der Waals surface area contributed by atoms with Crippen molar-refractivity contribution in [3.8, 4) is 5.82 Å². The van der Waals surface area contributed by atoms with Crippen LogP contribution in [-0.4, -0.2) is 21.3 Å². The van der Waals surface area contributed by atoms with E-state index >= 15 is 0 Å². The van der Waals surface area contributed by atoms with Crippen molar-refractivity contribution in [3.05, 3.63) is 40.3 Å². The summed E-state index contributed by atoms with van der Waals surface area (Å²) in [5.41, 5.74) is 2.22. The van der Waals surface area contributed by atoms with Gasteiger partial charge in [-0.3, -0.25) is 0 Å². The second kappa shape index (κ2) is 5.42. The Kier molecular flexibility index (Phi) is 3.91. The van der Waals surface area contributed by atoms with E-state index < -0.39 is 0 Å². The molecule has 2 rings (SSSR count). The van der Waals surface area contributed by atoms with Crippen LogP contribution in [0, 0.1) is 6.92 Å². The number of aromatic nitrogens is 3. The molecule has 0 aliphatic carbocycles. The molecule has 2 aromatic heterocycles. The van der Waals surface area contributed by atoms with E-state index in [9.17, 15) is 0 Å². The van der Waals surface area contributed by atoms with Crippen LogP contribution in [0.3, 0.4) is 0 Å². The molecule has 5 heteroatoms. The summed E-state index contributed by atoms with van der Waals surface area (Å²) in [6, 6.07) is 4.14. The zero-order valence-corrected chi connectivity index (χ0v) is 11.5. The molecule has 2 heterocycles. The predicted molar refractivity (Wildman–Crippen MR) is 71.2 cm³/mol. The van der Waals surface area contributed by atoms with Gasteiger partial charge in [0.2, 0.25) is 0 Å². The van der Waals surface area contributed by atoms with Gasteiger partial charge in [-0.15, -0.1) is 0 Å². The normalized spacial score (nSPS) is 10.8. The first-order valence-corrected chi connectivity index (χ1v) is 6.37. The lowest BCUT2D eigenvalue weighted by atomic mass is 10.2. The number of nitrogens with zero attached hydrogens (tertiary/aromatic N) is 3. The number of nitrogens with one attached hydrogen (secondary N) is 1. The summed E-state index contributed by atoms with van der Waals surface area (Å²) in [6.45, 7) is 5.91. The molecule has 2 aromatic rings. The lowest BCUT2D eigenvalue weighted by Crippen LogP contribution is -2.12. The minimum atomic E-state index is 0.851. The van der Waals surface area contributed by atoms with Crippen molar-refractivity contribution >= 4 is 15.9 Å². The summed E-state index contributed by atoms with van der Waals surface area (Å²) in [6.07, 6.45) is 3.66. The number of halogens is 1. The number of hydrogen-bond acceptors (Lipinski definition) is 3. The highest BCUT2D eigenvalue weighted by Gasteiger charge is 2.03. The first-order chi connectivity index (χ1) is 8.19. The van der Waals surface area contributed by atoms with E-state index in [0.717, 1.165) is 29.1 Å². The first-order valence-electron chi connectivity index (χ1n) is 5.58. The maximum absolute atomic E-state index is 4.48. The molecule has 0 aliphatic rings. The number of hydrogen-bond donors (Lipinski definition) is 1. The van der Waals surface area contributed by atoms with Gasteiger partial charge in [0.15, 0.2) is 5.82 Å². The lowest BCUT2D eigenvalue weighted by Gasteiger charge is -2.07. The highest BCUT2D eigenvalue weighted by Crippen LogP contribution is 2.13. The fourth-order valence-electron chi connectivity index (χ4n) is 1.64. The minimum Gasteiger partial charge on any atom is -0.313 e. The fourth-order valence-corrected chi connectivity index (χ4v) is 1.92. The average Bonchev–Trinajstić information content (AvgIpc) is 2.72. The third kappa shape index (κ3) is 3.14. The van der Waals surface area contributed by atoms with E-state index in [1.165, 1.54) is 5.56 Å². The van der Waals surface area contributed by atoms with Gasteiger partial charge >= 0.3 is 0 Å². The molecule has 0 amide bonds. The zero-order valence-electron chi connectivity index (χ0n) is 9.94. The molecule has 0 spiro atoms. The Morgan fingerprint density at radius 1 is 1.41 bits per heavy atom. The molecule has 0 aliphatic heterocycles. The van der Waals surface area contributed by atoms with Crippen molar-refractivity contribution in [1.82, 2.24) is 20.1 Å². The smallest absolute Gasteiger partial charge is 0.153 e. The largest absolute Gasteiger partial charge is 0.313 e. The monoisotopic (exact) mass is 294 g/mol. The molecule has 0 saturated heterocycles. The van der Waals surface area contributed by atoms with Crippen molar-refractivity contribution in [1.29, 1.82) is 0 Å². The molecular weight excluding hydrogens is 280 g/mol. The quantitative estimate of drug-likeness (QED) is 0.942. The number of pyridine rings is 1. The van der Waals surface area contributed by atoms with E-state index in [2.05, 4.69) is 50.4 Å². The molecule has 90 valence electrons. The van der Waals surface area contributed by atoms with E-state index in [-0.39, 0.29) is 0 Å². The zero-order chi connectivity index (χ0) is 12.3. The summed E-state index contributed by atoms with van der Waals surface area (Å²) < 4.78 is 2.72. The van der Waals surface area contributed by atoms with Crippen molar-refractivity contribution in [2.45, 2.75) is 20.4 Å². The Balaban J connectivity index is 2.31. The van der Waals surface area contributed by atoms with Gasteiger partial charge in [-0.1, -0.05) is 6.92 Å². The van der Waals surface area contributed by atoms with Crippen molar-refractivity contribution in [2.24, 2.45) is 0 Å². The van der Waals surface area contributed by atoms with Crippen LogP contribution in [0.2, 0.25) is 0 Å². The van der Waals surface area contributed by atoms with Crippen molar-refractivity contribution < 1.29 is 0 Å². The van der Waals surface area contributed by atoms with Gasteiger partial charge in [0, 0.05) is 18.4 Å². The molecule has 0 atom stereocenters. The topological polar surface area (TPSA) is 42.7 Å². The Morgan fingerprint density at radius 2 is 2.24 bits per heavy atom. The van der Waals surface area contributed by atoms with Crippen molar-refractivity contribution in [3.63, 3.8) is 0 Å². The Hall–Kier alpha value is -1.20. The second-order valence-corrected chi connectivity index (χ2v) is 4.77. The van der Waals surface area contributed by atoms with Crippen LogP contribution in [0.4, 0.5) is 0 Å². The summed E-state index contributed by atoms with van der Waals surface area (Å²) in [5.74, 6) is 0.851. The molecular formula is C12H15BrN4. The van der Waals surface area contributed by atoms with Crippen LogP contribution >= 0.6 is 15.9 Å². The molecule has 0 radical (unpaired) electrons. The maximum atomic E-state index is 4.48.